The van der Waals surface area contributed by atoms with Crippen LogP contribution in [0.2, 0.25) is 0 Å². The van der Waals surface area contributed by atoms with Crippen molar-refractivity contribution in [3.05, 3.63) is 188 Å². The topological polar surface area (TPSA) is 38.7 Å². The van der Waals surface area contributed by atoms with E-state index >= 15 is 0 Å². The zero-order valence-corrected chi connectivity index (χ0v) is 27.2. The summed E-state index contributed by atoms with van der Waals surface area (Å²) in [6, 6.07) is 65.8. The van der Waals surface area contributed by atoms with Gasteiger partial charge >= 0.3 is 0 Å². The molecule has 0 atom stereocenters. The molecule has 3 heteroatoms. The number of hydrogen-bond donors (Lipinski definition) is 0. The lowest BCUT2D eigenvalue weighted by atomic mass is 9.90. The van der Waals surface area contributed by atoms with E-state index in [1.807, 2.05) is 0 Å². The van der Waals surface area contributed by atoms with Crippen LogP contribution in [0.5, 0.6) is 0 Å². The molecule has 9 rings (SSSR count). The summed E-state index contributed by atoms with van der Waals surface area (Å²) in [6.07, 6.45) is 0. The number of fused-ring (bicyclic) bond motifs is 2. The monoisotopic (exact) mass is 637 g/mol. The van der Waals surface area contributed by atoms with E-state index < -0.39 is 0 Å². The molecule has 0 radical (unpaired) electrons. The van der Waals surface area contributed by atoms with Crippen LogP contribution in [-0.4, -0.2) is 15.0 Å². The molecule has 0 N–H and O–H groups in total. The SMILES string of the molecule is c1ccc(-c2cccc(-c3nc(-c4ccc5ccccc5c4)nc(-c4ccc5cccc(-c6ccccc6)c5c4)n3)c2-c2ccccc2)cc1. The Hall–Kier alpha value is -6.71. The van der Waals surface area contributed by atoms with E-state index in [2.05, 4.69) is 188 Å². The molecule has 0 aliphatic heterocycles. The zero-order valence-electron chi connectivity index (χ0n) is 27.2. The standard InChI is InChI=1S/C47H31N3/c1-4-15-33(16-5-1)40-23-12-22-35-27-29-39(31-43(35)40)46-48-45(38-28-26-32-14-10-11-21-37(32)30-38)49-47(50-46)42-25-13-24-41(34-17-6-2-7-18-34)44(42)36-19-8-3-9-20-36/h1-31H. The van der Waals surface area contributed by atoms with E-state index in [4.69, 9.17) is 15.0 Å². The maximum atomic E-state index is 5.27. The van der Waals surface area contributed by atoms with Gasteiger partial charge < -0.3 is 0 Å². The zero-order chi connectivity index (χ0) is 33.3. The molecule has 0 spiro atoms. The lowest BCUT2D eigenvalue weighted by molar-refractivity contribution is 1.08. The molecule has 1 aromatic heterocycles. The number of hydrogen-bond acceptors (Lipinski definition) is 3. The third-order valence-electron chi connectivity index (χ3n) is 9.32. The van der Waals surface area contributed by atoms with E-state index in [1.165, 1.54) is 21.9 Å². The summed E-state index contributed by atoms with van der Waals surface area (Å²) < 4.78 is 0. The Balaban J connectivity index is 1.30. The largest absolute Gasteiger partial charge is 0.208 e. The van der Waals surface area contributed by atoms with Gasteiger partial charge in [-0.25, -0.2) is 15.0 Å². The molecular formula is C47H31N3. The highest BCUT2D eigenvalue weighted by atomic mass is 15.0. The van der Waals surface area contributed by atoms with Crippen LogP contribution in [0.1, 0.15) is 0 Å². The molecule has 0 aliphatic rings. The third-order valence-corrected chi connectivity index (χ3v) is 9.32. The summed E-state index contributed by atoms with van der Waals surface area (Å²) in [6.45, 7) is 0. The van der Waals surface area contributed by atoms with Crippen molar-refractivity contribution in [3.63, 3.8) is 0 Å². The summed E-state index contributed by atoms with van der Waals surface area (Å²) >= 11 is 0. The molecule has 234 valence electrons. The molecule has 0 aliphatic carbocycles. The highest BCUT2D eigenvalue weighted by Crippen LogP contribution is 2.40. The minimum absolute atomic E-state index is 0.631. The van der Waals surface area contributed by atoms with E-state index in [0.29, 0.717) is 17.5 Å². The Bertz CT molecular complexity index is 2630. The van der Waals surface area contributed by atoms with Gasteiger partial charge in [-0.2, -0.15) is 0 Å². The highest BCUT2D eigenvalue weighted by molar-refractivity contribution is 5.99. The van der Waals surface area contributed by atoms with Gasteiger partial charge in [-0.3, -0.25) is 0 Å². The first-order valence-corrected chi connectivity index (χ1v) is 16.9. The van der Waals surface area contributed by atoms with Crippen molar-refractivity contribution in [2.24, 2.45) is 0 Å². The van der Waals surface area contributed by atoms with Gasteiger partial charge in [0, 0.05) is 22.3 Å². The predicted octanol–water partition coefficient (Wildman–Crippen LogP) is 12.2. The van der Waals surface area contributed by atoms with E-state index in [1.54, 1.807) is 0 Å². The lowest BCUT2D eigenvalue weighted by Crippen LogP contribution is -2.02. The predicted molar refractivity (Wildman–Crippen MR) is 207 cm³/mol. The van der Waals surface area contributed by atoms with Crippen molar-refractivity contribution in [2.45, 2.75) is 0 Å². The van der Waals surface area contributed by atoms with E-state index in [9.17, 15) is 0 Å². The Kier molecular flexibility index (Phi) is 7.49. The molecule has 0 amide bonds. The van der Waals surface area contributed by atoms with Crippen molar-refractivity contribution in [3.8, 4) is 67.5 Å². The molecule has 0 bridgehead atoms. The van der Waals surface area contributed by atoms with Gasteiger partial charge in [0.05, 0.1) is 0 Å². The third kappa shape index (κ3) is 5.51. The maximum Gasteiger partial charge on any atom is 0.164 e. The average Bonchev–Trinajstić information content (AvgIpc) is 3.20. The van der Waals surface area contributed by atoms with Gasteiger partial charge in [0.25, 0.3) is 0 Å². The first kappa shape index (κ1) is 29.4. The van der Waals surface area contributed by atoms with Crippen LogP contribution in [0.4, 0.5) is 0 Å². The summed E-state index contributed by atoms with van der Waals surface area (Å²) in [4.78, 5) is 15.7. The fourth-order valence-electron chi connectivity index (χ4n) is 6.88. The minimum Gasteiger partial charge on any atom is -0.208 e. The fraction of sp³-hybridized carbons (Fsp3) is 0. The van der Waals surface area contributed by atoms with Crippen LogP contribution < -0.4 is 0 Å². The van der Waals surface area contributed by atoms with Crippen molar-refractivity contribution in [1.29, 1.82) is 0 Å². The van der Waals surface area contributed by atoms with Crippen LogP contribution >= 0.6 is 0 Å². The minimum atomic E-state index is 0.631. The van der Waals surface area contributed by atoms with Crippen LogP contribution in [0.15, 0.2) is 188 Å². The molecule has 50 heavy (non-hydrogen) atoms. The molecule has 9 aromatic rings. The average molecular weight is 638 g/mol. The Labute approximate surface area is 291 Å². The quantitative estimate of drug-likeness (QED) is 0.182. The summed E-state index contributed by atoms with van der Waals surface area (Å²) in [7, 11) is 0. The molecule has 1 heterocycles. The Morgan fingerprint density at radius 1 is 0.260 bits per heavy atom. The van der Waals surface area contributed by atoms with Crippen molar-refractivity contribution >= 4 is 21.5 Å². The van der Waals surface area contributed by atoms with Gasteiger partial charge in [-0.1, -0.05) is 176 Å². The Morgan fingerprint density at radius 3 is 1.44 bits per heavy atom. The summed E-state index contributed by atoms with van der Waals surface area (Å²) in [5.74, 6) is 1.90. The smallest absolute Gasteiger partial charge is 0.164 e. The number of aromatic nitrogens is 3. The van der Waals surface area contributed by atoms with Crippen LogP contribution in [0, 0.1) is 0 Å². The first-order chi connectivity index (χ1) is 24.8. The van der Waals surface area contributed by atoms with E-state index in [0.717, 1.165) is 49.7 Å². The van der Waals surface area contributed by atoms with E-state index in [-0.39, 0.29) is 0 Å². The maximum absolute atomic E-state index is 5.27. The van der Waals surface area contributed by atoms with Crippen LogP contribution in [0.25, 0.3) is 89.1 Å². The van der Waals surface area contributed by atoms with Crippen molar-refractivity contribution < 1.29 is 0 Å². The second kappa shape index (κ2) is 12.7. The summed E-state index contributed by atoms with van der Waals surface area (Å²) in [5.41, 5.74) is 9.65. The number of benzene rings is 8. The first-order valence-electron chi connectivity index (χ1n) is 16.9. The van der Waals surface area contributed by atoms with Gasteiger partial charge in [0.15, 0.2) is 17.5 Å². The highest BCUT2D eigenvalue weighted by Gasteiger charge is 2.19. The summed E-state index contributed by atoms with van der Waals surface area (Å²) in [5, 5.41) is 4.64. The lowest BCUT2D eigenvalue weighted by Gasteiger charge is -2.16. The molecule has 0 saturated carbocycles. The normalized spacial score (nSPS) is 11.2. The molecule has 8 aromatic carbocycles. The second-order valence-corrected chi connectivity index (χ2v) is 12.4. The van der Waals surface area contributed by atoms with Gasteiger partial charge in [-0.05, 0) is 61.5 Å². The fourth-order valence-corrected chi connectivity index (χ4v) is 6.88. The van der Waals surface area contributed by atoms with Gasteiger partial charge in [-0.15, -0.1) is 0 Å². The molecule has 0 saturated heterocycles. The molecule has 3 nitrogen and oxygen atoms in total. The molecule has 0 unspecified atom stereocenters. The number of nitrogens with zero attached hydrogens (tertiary/aromatic N) is 3. The van der Waals surface area contributed by atoms with Crippen molar-refractivity contribution in [1.82, 2.24) is 15.0 Å². The van der Waals surface area contributed by atoms with Gasteiger partial charge in [0.2, 0.25) is 0 Å². The Morgan fingerprint density at radius 2 is 0.740 bits per heavy atom. The van der Waals surface area contributed by atoms with Crippen LogP contribution in [-0.2, 0) is 0 Å². The number of rotatable bonds is 6. The molecule has 0 fully saturated rings. The van der Waals surface area contributed by atoms with Crippen molar-refractivity contribution in [2.75, 3.05) is 0 Å². The molecular weight excluding hydrogens is 607 g/mol. The van der Waals surface area contributed by atoms with Crippen LogP contribution in [0.3, 0.4) is 0 Å². The van der Waals surface area contributed by atoms with Gasteiger partial charge in [0.1, 0.15) is 0 Å². The second-order valence-electron chi connectivity index (χ2n) is 12.4.